The van der Waals surface area contributed by atoms with E-state index in [1.807, 2.05) is 35.2 Å². The fourth-order valence-corrected chi connectivity index (χ4v) is 3.79. The van der Waals surface area contributed by atoms with Gasteiger partial charge in [-0.15, -0.1) is 0 Å². The molecule has 1 saturated carbocycles. The van der Waals surface area contributed by atoms with Gasteiger partial charge in [-0.1, -0.05) is 43.2 Å². The molecule has 1 amide bonds. The van der Waals surface area contributed by atoms with E-state index < -0.39 is 0 Å². The fourth-order valence-electron chi connectivity index (χ4n) is 3.79. The summed E-state index contributed by atoms with van der Waals surface area (Å²) in [6.45, 7) is 2.06. The number of hydrogen-bond donors (Lipinski definition) is 0. The molecule has 2 fully saturated rings. The van der Waals surface area contributed by atoms with Crippen molar-refractivity contribution in [2.75, 3.05) is 13.1 Å². The van der Waals surface area contributed by atoms with Gasteiger partial charge < -0.3 is 9.64 Å². The molecule has 1 aliphatic heterocycles. The predicted molar refractivity (Wildman–Crippen MR) is 87.5 cm³/mol. The molecular weight excluding hydrogens is 290 g/mol. The average molecular weight is 315 g/mol. The molecule has 0 aromatic heterocycles. The fraction of sp³-hybridized carbons (Fsp3) is 0.579. The van der Waals surface area contributed by atoms with Gasteiger partial charge in [0, 0.05) is 19.5 Å². The van der Waals surface area contributed by atoms with E-state index in [4.69, 9.17) is 4.74 Å². The predicted octanol–water partition coefficient (Wildman–Crippen LogP) is 3.16. The number of fused-ring (bicyclic) bond motifs is 1. The van der Waals surface area contributed by atoms with Gasteiger partial charge in [0.15, 0.2) is 0 Å². The largest absolute Gasteiger partial charge is 0.461 e. The van der Waals surface area contributed by atoms with E-state index in [-0.39, 0.29) is 31.3 Å². The highest BCUT2D eigenvalue weighted by atomic mass is 16.5. The summed E-state index contributed by atoms with van der Waals surface area (Å²) >= 11 is 0. The molecule has 2 atom stereocenters. The van der Waals surface area contributed by atoms with Crippen molar-refractivity contribution in [1.82, 2.24) is 4.90 Å². The van der Waals surface area contributed by atoms with Crippen molar-refractivity contribution in [2.45, 2.75) is 45.1 Å². The van der Waals surface area contributed by atoms with Crippen LogP contribution in [0.2, 0.25) is 0 Å². The number of nitrogens with zero attached hydrogens (tertiary/aromatic N) is 1. The first-order valence-corrected chi connectivity index (χ1v) is 8.69. The number of carbonyl (C=O) groups is 2. The van der Waals surface area contributed by atoms with Gasteiger partial charge in [-0.3, -0.25) is 9.59 Å². The Labute approximate surface area is 137 Å². The first kappa shape index (κ1) is 16.0. The second kappa shape index (κ2) is 7.62. The number of esters is 1. The van der Waals surface area contributed by atoms with E-state index in [9.17, 15) is 9.59 Å². The normalized spacial score (nSPS) is 23.4. The maximum Gasteiger partial charge on any atom is 0.306 e. The number of rotatable bonds is 5. The summed E-state index contributed by atoms with van der Waals surface area (Å²) in [5.74, 6) is 1.20. The summed E-state index contributed by atoms with van der Waals surface area (Å²) in [6.07, 6.45) is 5.57. The molecule has 23 heavy (non-hydrogen) atoms. The van der Waals surface area contributed by atoms with Crippen LogP contribution in [0.1, 0.15) is 44.1 Å². The lowest BCUT2D eigenvalue weighted by Gasteiger charge is -2.22. The minimum Gasteiger partial charge on any atom is -0.461 e. The molecule has 0 unspecified atom stereocenters. The Morgan fingerprint density at radius 1 is 1.00 bits per heavy atom. The van der Waals surface area contributed by atoms with Crippen molar-refractivity contribution in [3.05, 3.63) is 35.9 Å². The standard InChI is InChI=1S/C19H25NO3/c21-18(20-12-16-8-4-5-9-17(16)13-20)10-11-19(22)23-14-15-6-2-1-3-7-15/h1-3,6-7,16-17H,4-5,8-14H2/t16-,17+. The molecule has 0 bridgehead atoms. The van der Waals surface area contributed by atoms with Crippen LogP contribution in [0.15, 0.2) is 30.3 Å². The Balaban J connectivity index is 1.38. The zero-order valence-corrected chi connectivity index (χ0v) is 13.6. The second-order valence-electron chi connectivity index (χ2n) is 6.75. The molecule has 0 radical (unpaired) electrons. The number of amides is 1. The Morgan fingerprint density at radius 3 is 2.30 bits per heavy atom. The van der Waals surface area contributed by atoms with E-state index >= 15 is 0 Å². The number of carbonyl (C=O) groups excluding carboxylic acids is 2. The van der Waals surface area contributed by atoms with Crippen LogP contribution in [-0.2, 0) is 20.9 Å². The van der Waals surface area contributed by atoms with E-state index in [0.717, 1.165) is 18.7 Å². The van der Waals surface area contributed by atoms with Crippen molar-refractivity contribution in [2.24, 2.45) is 11.8 Å². The quantitative estimate of drug-likeness (QED) is 0.784. The molecule has 1 aromatic carbocycles. The molecule has 124 valence electrons. The molecule has 1 heterocycles. The first-order valence-electron chi connectivity index (χ1n) is 8.69. The number of likely N-dealkylation sites (tertiary alicyclic amines) is 1. The Kier molecular flexibility index (Phi) is 5.31. The van der Waals surface area contributed by atoms with Crippen molar-refractivity contribution in [1.29, 1.82) is 0 Å². The zero-order valence-electron chi connectivity index (χ0n) is 13.6. The Morgan fingerprint density at radius 2 is 1.65 bits per heavy atom. The topological polar surface area (TPSA) is 46.6 Å². The smallest absolute Gasteiger partial charge is 0.306 e. The molecule has 1 aromatic rings. The molecule has 3 rings (SSSR count). The van der Waals surface area contributed by atoms with Gasteiger partial charge in [0.25, 0.3) is 0 Å². The van der Waals surface area contributed by atoms with Crippen LogP contribution < -0.4 is 0 Å². The highest BCUT2D eigenvalue weighted by Gasteiger charge is 2.36. The van der Waals surface area contributed by atoms with E-state index in [1.54, 1.807) is 0 Å². The van der Waals surface area contributed by atoms with Crippen molar-refractivity contribution in [3.63, 3.8) is 0 Å². The van der Waals surface area contributed by atoms with Gasteiger partial charge in [0.2, 0.25) is 5.91 Å². The molecule has 4 heteroatoms. The minimum absolute atomic E-state index is 0.107. The molecule has 2 aliphatic rings. The van der Waals surface area contributed by atoms with Gasteiger partial charge in [-0.25, -0.2) is 0 Å². The summed E-state index contributed by atoms with van der Waals surface area (Å²) < 4.78 is 5.23. The third kappa shape index (κ3) is 4.34. The lowest BCUT2D eigenvalue weighted by molar-refractivity contribution is -0.147. The summed E-state index contributed by atoms with van der Waals surface area (Å²) in [7, 11) is 0. The highest BCUT2D eigenvalue weighted by Crippen LogP contribution is 2.36. The van der Waals surface area contributed by atoms with E-state index in [2.05, 4.69) is 0 Å². The summed E-state index contributed by atoms with van der Waals surface area (Å²) in [4.78, 5) is 26.0. The SMILES string of the molecule is O=C(CCC(=O)N1C[C@H]2CCCC[C@H]2C1)OCc1ccccc1. The summed E-state index contributed by atoms with van der Waals surface area (Å²) in [5.41, 5.74) is 0.968. The van der Waals surface area contributed by atoms with Crippen LogP contribution in [0.4, 0.5) is 0 Å². The molecule has 0 spiro atoms. The maximum absolute atomic E-state index is 12.3. The summed E-state index contributed by atoms with van der Waals surface area (Å²) in [5, 5.41) is 0. The number of hydrogen-bond acceptors (Lipinski definition) is 3. The van der Waals surface area contributed by atoms with Gasteiger partial charge in [0.05, 0.1) is 6.42 Å². The number of ether oxygens (including phenoxy) is 1. The monoisotopic (exact) mass is 315 g/mol. The van der Waals surface area contributed by atoms with Gasteiger partial charge in [-0.2, -0.15) is 0 Å². The van der Waals surface area contributed by atoms with Crippen LogP contribution in [0.25, 0.3) is 0 Å². The van der Waals surface area contributed by atoms with Crippen LogP contribution in [0, 0.1) is 11.8 Å². The van der Waals surface area contributed by atoms with Crippen molar-refractivity contribution >= 4 is 11.9 Å². The van der Waals surface area contributed by atoms with Crippen LogP contribution >= 0.6 is 0 Å². The van der Waals surface area contributed by atoms with E-state index in [1.165, 1.54) is 25.7 Å². The third-order valence-corrected chi connectivity index (χ3v) is 5.11. The van der Waals surface area contributed by atoms with E-state index in [0.29, 0.717) is 11.8 Å². The number of benzene rings is 1. The van der Waals surface area contributed by atoms with Crippen LogP contribution in [-0.4, -0.2) is 29.9 Å². The lowest BCUT2D eigenvalue weighted by Crippen LogP contribution is -2.29. The van der Waals surface area contributed by atoms with Gasteiger partial charge >= 0.3 is 5.97 Å². The maximum atomic E-state index is 12.3. The Hall–Kier alpha value is -1.84. The average Bonchev–Trinajstić information content (AvgIpc) is 3.03. The first-order chi connectivity index (χ1) is 11.2. The minimum atomic E-state index is -0.293. The molecule has 0 N–H and O–H groups in total. The Bertz CT molecular complexity index is 529. The third-order valence-electron chi connectivity index (χ3n) is 5.11. The van der Waals surface area contributed by atoms with Crippen LogP contribution in [0.3, 0.4) is 0 Å². The molecule has 1 saturated heterocycles. The molecule has 1 aliphatic carbocycles. The molecule has 4 nitrogen and oxygen atoms in total. The second-order valence-corrected chi connectivity index (χ2v) is 6.75. The molecular formula is C19H25NO3. The lowest BCUT2D eigenvalue weighted by atomic mass is 9.82. The zero-order chi connectivity index (χ0) is 16.1. The highest BCUT2D eigenvalue weighted by molar-refractivity contribution is 5.81. The van der Waals surface area contributed by atoms with Crippen molar-refractivity contribution < 1.29 is 14.3 Å². The van der Waals surface area contributed by atoms with Gasteiger partial charge in [0.1, 0.15) is 6.61 Å². The van der Waals surface area contributed by atoms with Gasteiger partial charge in [-0.05, 0) is 30.2 Å². The van der Waals surface area contributed by atoms with Crippen molar-refractivity contribution in [3.8, 4) is 0 Å². The van der Waals surface area contributed by atoms with Crippen LogP contribution in [0.5, 0.6) is 0 Å². The summed E-state index contributed by atoms with van der Waals surface area (Å²) in [6, 6.07) is 9.60.